The van der Waals surface area contributed by atoms with E-state index >= 15 is 0 Å². The summed E-state index contributed by atoms with van der Waals surface area (Å²) in [5.74, 6) is -0.683. The second-order valence-corrected chi connectivity index (χ2v) is 7.73. The van der Waals surface area contributed by atoms with Gasteiger partial charge < -0.3 is 15.5 Å². The van der Waals surface area contributed by atoms with E-state index in [1.54, 1.807) is 11.0 Å². The number of fused-ring (bicyclic) bond motifs is 1. The zero-order valence-electron chi connectivity index (χ0n) is 17.2. The molecule has 31 heavy (non-hydrogen) atoms. The molecule has 3 aromatic rings. The second-order valence-electron chi connectivity index (χ2n) is 7.73. The van der Waals surface area contributed by atoms with Gasteiger partial charge in [0.05, 0.1) is 5.92 Å². The van der Waals surface area contributed by atoms with Crippen molar-refractivity contribution < 1.29 is 14.4 Å². The number of carbonyl (C=O) groups excluding carboxylic acids is 3. The second kappa shape index (κ2) is 9.43. The van der Waals surface area contributed by atoms with Crippen LogP contribution in [0, 0.1) is 5.92 Å². The van der Waals surface area contributed by atoms with Gasteiger partial charge in [-0.25, -0.2) is 0 Å². The fourth-order valence-electron chi connectivity index (χ4n) is 3.93. The highest BCUT2D eigenvalue weighted by atomic mass is 16.2. The van der Waals surface area contributed by atoms with Gasteiger partial charge in [-0.2, -0.15) is 0 Å². The fourth-order valence-corrected chi connectivity index (χ4v) is 3.93. The molecule has 2 N–H and O–H groups in total. The van der Waals surface area contributed by atoms with Gasteiger partial charge >= 0.3 is 0 Å². The van der Waals surface area contributed by atoms with Crippen molar-refractivity contribution in [3.05, 3.63) is 83.9 Å². The number of likely N-dealkylation sites (tertiary alicyclic amines) is 1. The number of nitrogens with zero attached hydrogens (tertiary/aromatic N) is 1. The predicted molar refractivity (Wildman–Crippen MR) is 119 cm³/mol. The van der Waals surface area contributed by atoms with Gasteiger partial charge in [0.25, 0.3) is 5.91 Å². The van der Waals surface area contributed by atoms with Crippen LogP contribution in [-0.2, 0) is 16.1 Å². The van der Waals surface area contributed by atoms with E-state index in [0.29, 0.717) is 31.7 Å². The number of benzene rings is 3. The standard InChI is InChI=1S/C25H25N3O3/c29-23-15-20(17-28(23)16-18-7-2-1-3-8-18)24(30)26-13-14-27-25(31)22-12-6-10-19-9-4-5-11-21(19)22/h1-12,20H,13-17H2,(H,26,30)(H,27,31). The Kier molecular flexibility index (Phi) is 6.26. The molecule has 0 bridgehead atoms. The van der Waals surface area contributed by atoms with Crippen molar-refractivity contribution in [2.75, 3.05) is 19.6 Å². The molecule has 1 atom stereocenters. The molecular weight excluding hydrogens is 390 g/mol. The van der Waals surface area contributed by atoms with Crippen molar-refractivity contribution in [3.63, 3.8) is 0 Å². The minimum atomic E-state index is -0.356. The third-order valence-electron chi connectivity index (χ3n) is 5.55. The Balaban J connectivity index is 1.24. The van der Waals surface area contributed by atoms with Gasteiger partial charge in [0, 0.05) is 38.2 Å². The first-order chi connectivity index (χ1) is 15.1. The molecule has 0 saturated carbocycles. The predicted octanol–water partition coefficient (Wildman–Crippen LogP) is 2.73. The molecule has 1 heterocycles. The minimum absolute atomic E-state index is 0.00624. The van der Waals surface area contributed by atoms with E-state index in [1.165, 1.54) is 0 Å². The Morgan fingerprint density at radius 2 is 1.58 bits per heavy atom. The average Bonchev–Trinajstić information content (AvgIpc) is 3.17. The van der Waals surface area contributed by atoms with Gasteiger partial charge in [-0.1, -0.05) is 66.7 Å². The van der Waals surface area contributed by atoms with Gasteiger partial charge in [-0.05, 0) is 22.4 Å². The van der Waals surface area contributed by atoms with Crippen molar-refractivity contribution in [2.24, 2.45) is 5.92 Å². The summed E-state index contributed by atoms with van der Waals surface area (Å²) in [5, 5.41) is 7.60. The molecule has 1 aliphatic heterocycles. The molecule has 1 saturated heterocycles. The Labute approximate surface area is 181 Å². The molecule has 6 heteroatoms. The minimum Gasteiger partial charge on any atom is -0.354 e. The van der Waals surface area contributed by atoms with E-state index in [-0.39, 0.29) is 30.1 Å². The number of amides is 3. The Morgan fingerprint density at radius 3 is 2.42 bits per heavy atom. The third kappa shape index (κ3) is 4.91. The van der Waals surface area contributed by atoms with Gasteiger partial charge in [0.1, 0.15) is 0 Å². The van der Waals surface area contributed by atoms with Crippen molar-refractivity contribution in [3.8, 4) is 0 Å². The fraction of sp³-hybridized carbons (Fsp3) is 0.240. The van der Waals surface area contributed by atoms with E-state index < -0.39 is 0 Å². The van der Waals surface area contributed by atoms with Crippen LogP contribution in [0.15, 0.2) is 72.8 Å². The lowest BCUT2D eigenvalue weighted by molar-refractivity contribution is -0.129. The Hall–Kier alpha value is -3.67. The number of nitrogens with one attached hydrogen (secondary N) is 2. The van der Waals surface area contributed by atoms with Crippen LogP contribution in [0.3, 0.4) is 0 Å². The van der Waals surface area contributed by atoms with E-state index in [1.807, 2.05) is 66.7 Å². The average molecular weight is 415 g/mol. The zero-order valence-corrected chi connectivity index (χ0v) is 17.2. The smallest absolute Gasteiger partial charge is 0.251 e. The molecule has 0 spiro atoms. The summed E-state index contributed by atoms with van der Waals surface area (Å²) in [5.41, 5.74) is 1.66. The summed E-state index contributed by atoms with van der Waals surface area (Å²) in [4.78, 5) is 39.0. The maximum absolute atomic E-state index is 12.5. The van der Waals surface area contributed by atoms with Crippen LogP contribution in [0.1, 0.15) is 22.3 Å². The van der Waals surface area contributed by atoms with Crippen LogP contribution in [-0.4, -0.2) is 42.3 Å². The van der Waals surface area contributed by atoms with Crippen molar-refractivity contribution in [2.45, 2.75) is 13.0 Å². The maximum atomic E-state index is 12.5. The van der Waals surface area contributed by atoms with Crippen LogP contribution in [0.2, 0.25) is 0 Å². The van der Waals surface area contributed by atoms with Crippen LogP contribution < -0.4 is 10.6 Å². The lowest BCUT2D eigenvalue weighted by Gasteiger charge is -2.16. The van der Waals surface area contributed by atoms with Gasteiger partial charge in [0.15, 0.2) is 0 Å². The molecule has 0 aromatic heterocycles. The van der Waals surface area contributed by atoms with Gasteiger partial charge in [-0.3, -0.25) is 14.4 Å². The lowest BCUT2D eigenvalue weighted by Crippen LogP contribution is -2.38. The molecule has 1 unspecified atom stereocenters. The van der Waals surface area contributed by atoms with E-state index in [0.717, 1.165) is 16.3 Å². The summed E-state index contributed by atoms with van der Waals surface area (Å²) in [6, 6.07) is 23.1. The molecule has 6 nitrogen and oxygen atoms in total. The van der Waals surface area contributed by atoms with E-state index in [2.05, 4.69) is 10.6 Å². The molecule has 0 aliphatic carbocycles. The number of rotatable bonds is 7. The van der Waals surface area contributed by atoms with E-state index in [4.69, 9.17) is 0 Å². The van der Waals surface area contributed by atoms with Gasteiger partial charge in [0.2, 0.25) is 11.8 Å². The monoisotopic (exact) mass is 415 g/mol. The quantitative estimate of drug-likeness (QED) is 0.583. The molecule has 4 rings (SSSR count). The summed E-state index contributed by atoms with van der Waals surface area (Å²) >= 11 is 0. The molecule has 1 aliphatic rings. The zero-order chi connectivity index (χ0) is 21.6. The highest BCUT2D eigenvalue weighted by molar-refractivity contribution is 6.07. The normalized spacial score (nSPS) is 15.8. The SMILES string of the molecule is O=C(NCCNC(=O)C1CC(=O)N(Cc2ccccc2)C1)c1cccc2ccccc12. The molecule has 0 radical (unpaired) electrons. The Bertz CT molecular complexity index is 1090. The highest BCUT2D eigenvalue weighted by Gasteiger charge is 2.33. The summed E-state index contributed by atoms with van der Waals surface area (Å²) < 4.78 is 0. The molecule has 1 fully saturated rings. The molecule has 158 valence electrons. The lowest BCUT2D eigenvalue weighted by atomic mass is 10.0. The van der Waals surface area contributed by atoms with Crippen LogP contribution >= 0.6 is 0 Å². The number of carbonyl (C=O) groups is 3. The van der Waals surface area contributed by atoms with Gasteiger partial charge in [-0.15, -0.1) is 0 Å². The maximum Gasteiger partial charge on any atom is 0.251 e. The summed E-state index contributed by atoms with van der Waals surface area (Å²) in [6.45, 7) is 1.58. The van der Waals surface area contributed by atoms with Crippen LogP contribution in [0.25, 0.3) is 10.8 Å². The van der Waals surface area contributed by atoms with Crippen molar-refractivity contribution in [1.29, 1.82) is 0 Å². The molecule has 3 amide bonds. The topological polar surface area (TPSA) is 78.5 Å². The first kappa shape index (κ1) is 20.6. The molecular formula is C25H25N3O3. The number of hydrogen-bond acceptors (Lipinski definition) is 3. The van der Waals surface area contributed by atoms with Crippen LogP contribution in [0.5, 0.6) is 0 Å². The molecule has 3 aromatic carbocycles. The number of hydrogen-bond donors (Lipinski definition) is 2. The highest BCUT2D eigenvalue weighted by Crippen LogP contribution is 2.20. The Morgan fingerprint density at radius 1 is 0.871 bits per heavy atom. The van der Waals surface area contributed by atoms with Crippen LogP contribution in [0.4, 0.5) is 0 Å². The first-order valence-corrected chi connectivity index (χ1v) is 10.5. The van der Waals surface area contributed by atoms with E-state index in [9.17, 15) is 14.4 Å². The third-order valence-corrected chi connectivity index (χ3v) is 5.55. The summed E-state index contributed by atoms with van der Waals surface area (Å²) in [7, 11) is 0. The largest absolute Gasteiger partial charge is 0.354 e. The van der Waals surface area contributed by atoms with Crippen molar-refractivity contribution in [1.82, 2.24) is 15.5 Å². The van der Waals surface area contributed by atoms with Crippen molar-refractivity contribution >= 4 is 28.5 Å². The summed E-state index contributed by atoms with van der Waals surface area (Å²) in [6.07, 6.45) is 0.223. The first-order valence-electron chi connectivity index (χ1n) is 10.5.